The van der Waals surface area contributed by atoms with Crippen molar-refractivity contribution in [2.24, 2.45) is 5.10 Å². The van der Waals surface area contributed by atoms with Gasteiger partial charge in [-0.25, -0.2) is 5.43 Å². The molecule has 21 heavy (non-hydrogen) atoms. The molecule has 0 aliphatic carbocycles. The third-order valence-electron chi connectivity index (χ3n) is 3.03. The molecule has 1 saturated heterocycles. The van der Waals surface area contributed by atoms with Gasteiger partial charge in [0.2, 0.25) is 0 Å². The molecule has 0 spiro atoms. The van der Waals surface area contributed by atoms with Crippen molar-refractivity contribution in [3.05, 3.63) is 29.8 Å². The molecule has 0 aromatic heterocycles. The Balaban J connectivity index is 1.75. The average Bonchev–Trinajstić information content (AvgIpc) is 3.00. The summed E-state index contributed by atoms with van der Waals surface area (Å²) in [5, 5.41) is 15.6. The fraction of sp³-hybridized carbons (Fsp3) is 0.357. The summed E-state index contributed by atoms with van der Waals surface area (Å²) in [6.45, 7) is 1.01. The first-order chi connectivity index (χ1) is 10.2. The largest absolute Gasteiger partial charge is 0.507 e. The number of para-hydroxylation sites is 1. The second-order valence-corrected chi connectivity index (χ2v) is 4.60. The van der Waals surface area contributed by atoms with E-state index in [9.17, 15) is 14.7 Å². The average molecular weight is 291 g/mol. The number of carbonyl (C=O) groups is 2. The molecule has 0 unspecified atom stereocenters. The Morgan fingerprint density at radius 1 is 1.38 bits per heavy atom. The number of carbonyl (C=O) groups excluding carboxylic acids is 2. The molecule has 1 fully saturated rings. The minimum absolute atomic E-state index is 0.0217. The number of hydrogen-bond donors (Lipinski definition) is 3. The number of ether oxygens (including phenoxy) is 1. The van der Waals surface area contributed by atoms with Crippen LogP contribution in [0.4, 0.5) is 0 Å². The van der Waals surface area contributed by atoms with Crippen molar-refractivity contribution >= 4 is 18.0 Å². The highest BCUT2D eigenvalue weighted by molar-refractivity contribution is 6.35. The molecule has 7 nitrogen and oxygen atoms in total. The molecule has 2 amide bonds. The molecular formula is C14H17N3O4. The summed E-state index contributed by atoms with van der Waals surface area (Å²) < 4.78 is 5.33. The van der Waals surface area contributed by atoms with E-state index in [4.69, 9.17) is 4.74 Å². The van der Waals surface area contributed by atoms with Gasteiger partial charge in [0.15, 0.2) is 0 Å². The van der Waals surface area contributed by atoms with E-state index < -0.39 is 11.8 Å². The van der Waals surface area contributed by atoms with Gasteiger partial charge < -0.3 is 15.2 Å². The third kappa shape index (κ3) is 4.57. The summed E-state index contributed by atoms with van der Waals surface area (Å²) in [6.07, 6.45) is 3.09. The lowest BCUT2D eigenvalue weighted by Crippen LogP contribution is -2.41. The van der Waals surface area contributed by atoms with Crippen molar-refractivity contribution in [3.8, 4) is 5.75 Å². The SMILES string of the molecule is O=C(NC[C@H]1CCCO1)C(=O)N/N=C\c1ccccc1O. The molecule has 1 aromatic rings. The molecular weight excluding hydrogens is 274 g/mol. The smallest absolute Gasteiger partial charge is 0.329 e. The predicted molar refractivity (Wildman–Crippen MR) is 75.8 cm³/mol. The summed E-state index contributed by atoms with van der Waals surface area (Å²) in [4.78, 5) is 23.0. The van der Waals surface area contributed by atoms with Crippen LogP contribution in [-0.2, 0) is 14.3 Å². The van der Waals surface area contributed by atoms with Crippen molar-refractivity contribution in [1.82, 2.24) is 10.7 Å². The topological polar surface area (TPSA) is 100 Å². The van der Waals surface area contributed by atoms with Gasteiger partial charge >= 0.3 is 11.8 Å². The third-order valence-corrected chi connectivity index (χ3v) is 3.03. The number of hydrazone groups is 1. The second kappa shape index (κ2) is 7.39. The number of phenols is 1. The number of hydrogen-bond acceptors (Lipinski definition) is 5. The molecule has 1 aliphatic heterocycles. The number of aromatic hydroxyl groups is 1. The van der Waals surface area contributed by atoms with E-state index in [1.807, 2.05) is 0 Å². The zero-order valence-electron chi connectivity index (χ0n) is 11.4. The zero-order chi connectivity index (χ0) is 15.1. The van der Waals surface area contributed by atoms with Crippen LogP contribution in [0.25, 0.3) is 0 Å². The van der Waals surface area contributed by atoms with Crippen molar-refractivity contribution in [1.29, 1.82) is 0 Å². The molecule has 7 heteroatoms. The van der Waals surface area contributed by atoms with E-state index in [2.05, 4.69) is 15.8 Å². The maximum atomic E-state index is 11.5. The molecule has 1 aromatic carbocycles. The van der Waals surface area contributed by atoms with Crippen molar-refractivity contribution in [2.75, 3.05) is 13.2 Å². The maximum Gasteiger partial charge on any atom is 0.329 e. The summed E-state index contributed by atoms with van der Waals surface area (Å²) >= 11 is 0. The molecule has 3 N–H and O–H groups in total. The molecule has 0 saturated carbocycles. The van der Waals surface area contributed by atoms with Crippen LogP contribution >= 0.6 is 0 Å². The highest BCUT2D eigenvalue weighted by atomic mass is 16.5. The second-order valence-electron chi connectivity index (χ2n) is 4.60. The van der Waals surface area contributed by atoms with Crippen molar-refractivity contribution < 1.29 is 19.4 Å². The minimum Gasteiger partial charge on any atom is -0.507 e. The van der Waals surface area contributed by atoms with Crippen LogP contribution in [0.5, 0.6) is 5.75 Å². The molecule has 1 aliphatic rings. The van der Waals surface area contributed by atoms with Gasteiger partial charge in [-0.1, -0.05) is 12.1 Å². The normalized spacial score (nSPS) is 17.8. The summed E-state index contributed by atoms with van der Waals surface area (Å²) in [5.74, 6) is -1.59. The van der Waals surface area contributed by atoms with Gasteiger partial charge in [0.1, 0.15) is 5.75 Å². The monoisotopic (exact) mass is 291 g/mol. The fourth-order valence-corrected chi connectivity index (χ4v) is 1.90. The van der Waals surface area contributed by atoms with Gasteiger partial charge in [-0.05, 0) is 25.0 Å². The highest BCUT2D eigenvalue weighted by Crippen LogP contribution is 2.12. The van der Waals surface area contributed by atoms with Gasteiger partial charge in [0.25, 0.3) is 0 Å². The molecule has 1 atom stereocenters. The van der Waals surface area contributed by atoms with Crippen LogP contribution in [0, 0.1) is 0 Å². The Kier molecular flexibility index (Phi) is 5.28. The Morgan fingerprint density at radius 3 is 2.90 bits per heavy atom. The van der Waals surface area contributed by atoms with Crippen LogP contribution in [0.3, 0.4) is 0 Å². The highest BCUT2D eigenvalue weighted by Gasteiger charge is 2.18. The molecule has 1 heterocycles. The number of nitrogens with one attached hydrogen (secondary N) is 2. The van der Waals surface area contributed by atoms with E-state index in [0.29, 0.717) is 18.7 Å². The predicted octanol–water partition coefficient (Wildman–Crippen LogP) is 0.138. The number of rotatable bonds is 4. The van der Waals surface area contributed by atoms with Gasteiger partial charge in [0, 0.05) is 18.7 Å². The molecule has 112 valence electrons. The van der Waals surface area contributed by atoms with Crippen LogP contribution in [0.1, 0.15) is 18.4 Å². The van der Waals surface area contributed by atoms with Crippen LogP contribution in [0.15, 0.2) is 29.4 Å². The fourth-order valence-electron chi connectivity index (χ4n) is 1.90. The maximum absolute atomic E-state index is 11.5. The van der Waals surface area contributed by atoms with E-state index in [1.165, 1.54) is 12.3 Å². The lowest BCUT2D eigenvalue weighted by Gasteiger charge is -2.09. The first kappa shape index (κ1) is 15.0. The lowest BCUT2D eigenvalue weighted by atomic mass is 10.2. The molecule has 0 bridgehead atoms. The summed E-state index contributed by atoms with van der Waals surface area (Å²) in [5.41, 5.74) is 2.54. The molecule has 2 rings (SSSR count). The van der Waals surface area contributed by atoms with E-state index >= 15 is 0 Å². The van der Waals surface area contributed by atoms with Gasteiger partial charge in [-0.2, -0.15) is 5.10 Å². The first-order valence-electron chi connectivity index (χ1n) is 6.67. The zero-order valence-corrected chi connectivity index (χ0v) is 11.4. The summed E-state index contributed by atoms with van der Waals surface area (Å²) in [6, 6.07) is 6.51. The van der Waals surface area contributed by atoms with Gasteiger partial charge in [0.05, 0.1) is 12.3 Å². The quantitative estimate of drug-likeness (QED) is 0.417. The number of benzene rings is 1. The van der Waals surface area contributed by atoms with Crippen LogP contribution < -0.4 is 10.7 Å². The Labute approximate surface area is 122 Å². The van der Waals surface area contributed by atoms with Crippen molar-refractivity contribution in [2.45, 2.75) is 18.9 Å². The Hall–Kier alpha value is -2.41. The number of amides is 2. The van der Waals surface area contributed by atoms with E-state index in [-0.39, 0.29) is 11.9 Å². The van der Waals surface area contributed by atoms with E-state index in [1.54, 1.807) is 18.2 Å². The van der Waals surface area contributed by atoms with E-state index in [0.717, 1.165) is 12.8 Å². The van der Waals surface area contributed by atoms with Crippen LogP contribution in [-0.4, -0.2) is 42.4 Å². The Bertz CT molecular complexity index is 539. The minimum atomic E-state index is -0.861. The number of nitrogens with zero attached hydrogens (tertiary/aromatic N) is 1. The van der Waals surface area contributed by atoms with Crippen molar-refractivity contribution in [3.63, 3.8) is 0 Å². The van der Waals surface area contributed by atoms with Gasteiger partial charge in [-0.3, -0.25) is 9.59 Å². The first-order valence-corrected chi connectivity index (χ1v) is 6.67. The number of phenolic OH excluding ortho intramolecular Hbond substituents is 1. The standard InChI is InChI=1S/C14H17N3O4/c18-12-6-2-1-4-10(12)8-16-17-14(20)13(19)15-9-11-5-3-7-21-11/h1-2,4,6,8,11,18H,3,5,7,9H2,(H,15,19)(H,17,20)/b16-8-/t11-/m1/s1. The van der Waals surface area contributed by atoms with Crippen LogP contribution in [0.2, 0.25) is 0 Å². The van der Waals surface area contributed by atoms with Gasteiger partial charge in [-0.15, -0.1) is 0 Å². The molecule has 0 radical (unpaired) electrons. The lowest BCUT2D eigenvalue weighted by molar-refractivity contribution is -0.139. The summed E-state index contributed by atoms with van der Waals surface area (Å²) in [7, 11) is 0. The Morgan fingerprint density at radius 2 is 2.19 bits per heavy atom.